The third-order valence-corrected chi connectivity index (χ3v) is 2.20. The van der Waals surface area contributed by atoms with E-state index in [9.17, 15) is 15.3 Å². The van der Waals surface area contributed by atoms with Gasteiger partial charge in [0.1, 0.15) is 31.0 Å². The molecule has 0 saturated carbocycles. The Morgan fingerprint density at radius 2 is 1.93 bits per heavy atom. The van der Waals surface area contributed by atoms with Crippen molar-refractivity contribution >= 4 is 0 Å². The first-order chi connectivity index (χ1) is 7.11. The molecule has 6 heteroatoms. The molecule has 0 amide bonds. The number of hydrogen-bond acceptors (Lipinski definition) is 6. The minimum absolute atomic E-state index is 0.112. The molecule has 0 aromatic heterocycles. The highest BCUT2D eigenvalue weighted by molar-refractivity contribution is 4.91. The smallest absolute Gasteiger partial charge is 0.184 e. The molecule has 1 saturated heterocycles. The quantitative estimate of drug-likeness (QED) is 0.389. The van der Waals surface area contributed by atoms with Crippen LogP contribution in [0.4, 0.5) is 0 Å². The Hall–Kier alpha value is -0.680. The van der Waals surface area contributed by atoms with Crippen LogP contribution in [0, 0.1) is 12.3 Å². The predicted octanol–water partition coefficient (Wildman–Crippen LogP) is -2.56. The molecular weight excluding hydrogens is 204 g/mol. The zero-order chi connectivity index (χ0) is 11.4. The summed E-state index contributed by atoms with van der Waals surface area (Å²) in [5.74, 6) is 2.17. The topological polar surface area (TPSA) is 99.4 Å². The molecule has 1 aliphatic heterocycles. The Labute approximate surface area is 87.1 Å². The third kappa shape index (κ3) is 2.66. The Bertz CT molecular complexity index is 237. The van der Waals surface area contributed by atoms with E-state index in [0.717, 1.165) is 0 Å². The van der Waals surface area contributed by atoms with E-state index in [-0.39, 0.29) is 6.61 Å². The molecule has 86 valence electrons. The van der Waals surface area contributed by atoms with E-state index in [1.165, 1.54) is 0 Å². The Balaban J connectivity index is 2.62. The van der Waals surface area contributed by atoms with Crippen molar-refractivity contribution < 1.29 is 29.9 Å². The van der Waals surface area contributed by atoms with Crippen molar-refractivity contribution in [2.24, 2.45) is 0 Å². The average Bonchev–Trinajstić information content (AvgIpc) is 2.23. The van der Waals surface area contributed by atoms with Crippen molar-refractivity contribution in [2.45, 2.75) is 30.7 Å². The summed E-state index contributed by atoms with van der Waals surface area (Å²) in [6.07, 6.45) is -1.28. The van der Waals surface area contributed by atoms with Crippen LogP contribution >= 0.6 is 0 Å². The summed E-state index contributed by atoms with van der Waals surface area (Å²) in [6.45, 7) is -0.615. The maximum absolute atomic E-state index is 9.54. The first-order valence-electron chi connectivity index (χ1n) is 4.47. The molecule has 0 spiro atoms. The van der Waals surface area contributed by atoms with E-state index in [0.29, 0.717) is 0 Å². The van der Waals surface area contributed by atoms with Gasteiger partial charge in [-0.15, -0.1) is 6.42 Å². The lowest BCUT2D eigenvalue weighted by Gasteiger charge is -2.39. The minimum atomic E-state index is -1.42. The van der Waals surface area contributed by atoms with Gasteiger partial charge in [0.05, 0.1) is 6.61 Å². The molecule has 0 aliphatic carbocycles. The summed E-state index contributed by atoms with van der Waals surface area (Å²) in [6, 6.07) is 0. The summed E-state index contributed by atoms with van der Waals surface area (Å²) in [7, 11) is 0. The Morgan fingerprint density at radius 1 is 1.27 bits per heavy atom. The van der Waals surface area contributed by atoms with Gasteiger partial charge in [-0.1, -0.05) is 5.92 Å². The molecule has 6 nitrogen and oxygen atoms in total. The van der Waals surface area contributed by atoms with Gasteiger partial charge in [0.2, 0.25) is 0 Å². The van der Waals surface area contributed by atoms with E-state index >= 15 is 0 Å². The van der Waals surface area contributed by atoms with E-state index in [4.69, 9.17) is 21.0 Å². The van der Waals surface area contributed by atoms with Gasteiger partial charge in [-0.05, 0) is 0 Å². The summed E-state index contributed by atoms with van der Waals surface area (Å²) < 4.78 is 9.75. The van der Waals surface area contributed by atoms with Crippen LogP contribution in [-0.4, -0.2) is 64.3 Å². The van der Waals surface area contributed by atoms with Crippen molar-refractivity contribution in [3.05, 3.63) is 0 Å². The summed E-state index contributed by atoms with van der Waals surface area (Å²) >= 11 is 0. The number of ether oxygens (including phenoxy) is 2. The van der Waals surface area contributed by atoms with Crippen molar-refractivity contribution in [1.82, 2.24) is 0 Å². The second-order valence-corrected chi connectivity index (χ2v) is 3.21. The third-order valence-electron chi connectivity index (χ3n) is 2.20. The van der Waals surface area contributed by atoms with Gasteiger partial charge in [-0.25, -0.2) is 0 Å². The predicted molar refractivity (Wildman–Crippen MR) is 48.6 cm³/mol. The maximum atomic E-state index is 9.54. The number of aliphatic hydroxyl groups excluding tert-OH is 4. The molecule has 0 unspecified atom stereocenters. The standard InChI is InChI=1S/C9H14O6/c1-2-3-14-8-7(12)6(11)5(4-10)15-9(8)13/h1,5-13H,3-4H2/t5-,6-,7+,8+,9+/m1/s1. The van der Waals surface area contributed by atoms with Gasteiger partial charge in [-0.2, -0.15) is 0 Å². The molecule has 0 radical (unpaired) electrons. The van der Waals surface area contributed by atoms with E-state index in [2.05, 4.69) is 5.92 Å². The Kier molecular flexibility index (Phi) is 4.47. The number of aliphatic hydroxyl groups is 4. The molecule has 4 N–H and O–H groups in total. The van der Waals surface area contributed by atoms with Crippen molar-refractivity contribution in [3.63, 3.8) is 0 Å². The van der Waals surface area contributed by atoms with Crippen molar-refractivity contribution in [3.8, 4) is 12.3 Å². The van der Waals surface area contributed by atoms with Crippen LogP contribution in [0.5, 0.6) is 0 Å². The first kappa shape index (κ1) is 12.4. The molecule has 1 aliphatic rings. The SMILES string of the molecule is C#CCO[C@H]1[C@@H](O)[C@H](O)[C@@H](CO)O[C@@H]1O. The first-order valence-corrected chi connectivity index (χ1v) is 4.47. The minimum Gasteiger partial charge on any atom is -0.394 e. The van der Waals surface area contributed by atoms with Gasteiger partial charge in [0.15, 0.2) is 6.29 Å². The van der Waals surface area contributed by atoms with Crippen LogP contribution in [-0.2, 0) is 9.47 Å². The van der Waals surface area contributed by atoms with E-state index in [1.54, 1.807) is 0 Å². The van der Waals surface area contributed by atoms with Crippen LogP contribution in [0.3, 0.4) is 0 Å². The molecule has 0 bridgehead atoms. The maximum Gasteiger partial charge on any atom is 0.184 e. The molecule has 0 aromatic carbocycles. The number of terminal acetylenes is 1. The summed E-state index contributed by atoms with van der Waals surface area (Å²) in [5, 5.41) is 37.2. The summed E-state index contributed by atoms with van der Waals surface area (Å²) in [4.78, 5) is 0. The highest BCUT2D eigenvalue weighted by Crippen LogP contribution is 2.21. The average molecular weight is 218 g/mol. The zero-order valence-electron chi connectivity index (χ0n) is 7.98. The number of rotatable bonds is 3. The van der Waals surface area contributed by atoms with Crippen molar-refractivity contribution in [2.75, 3.05) is 13.2 Å². The second-order valence-electron chi connectivity index (χ2n) is 3.21. The highest BCUT2D eigenvalue weighted by atomic mass is 16.7. The molecule has 1 rings (SSSR count). The fourth-order valence-corrected chi connectivity index (χ4v) is 1.40. The zero-order valence-corrected chi connectivity index (χ0v) is 7.98. The van der Waals surface area contributed by atoms with Gasteiger partial charge in [0.25, 0.3) is 0 Å². The fourth-order valence-electron chi connectivity index (χ4n) is 1.40. The van der Waals surface area contributed by atoms with Crippen molar-refractivity contribution in [1.29, 1.82) is 0 Å². The van der Waals surface area contributed by atoms with Gasteiger partial charge in [-0.3, -0.25) is 0 Å². The molecule has 5 atom stereocenters. The largest absolute Gasteiger partial charge is 0.394 e. The molecule has 1 fully saturated rings. The van der Waals surface area contributed by atoms with Crippen LogP contribution in [0.1, 0.15) is 0 Å². The molecule has 15 heavy (non-hydrogen) atoms. The normalized spacial score (nSPS) is 41.1. The second kappa shape index (κ2) is 5.42. The lowest BCUT2D eigenvalue weighted by Crippen LogP contribution is -2.59. The lowest BCUT2D eigenvalue weighted by atomic mass is 9.99. The van der Waals surface area contributed by atoms with Gasteiger partial charge in [0, 0.05) is 0 Å². The van der Waals surface area contributed by atoms with E-state index in [1.807, 2.05) is 0 Å². The van der Waals surface area contributed by atoms with Crippen LogP contribution < -0.4 is 0 Å². The fraction of sp³-hybridized carbons (Fsp3) is 0.778. The molecule has 1 heterocycles. The number of hydrogen-bond donors (Lipinski definition) is 4. The van der Waals surface area contributed by atoms with Gasteiger partial charge >= 0.3 is 0 Å². The van der Waals surface area contributed by atoms with Crippen LogP contribution in [0.15, 0.2) is 0 Å². The Morgan fingerprint density at radius 3 is 2.47 bits per heavy atom. The summed E-state index contributed by atoms with van der Waals surface area (Å²) in [5.41, 5.74) is 0. The van der Waals surface area contributed by atoms with Gasteiger partial charge < -0.3 is 29.9 Å². The van der Waals surface area contributed by atoms with E-state index < -0.39 is 37.3 Å². The van der Waals surface area contributed by atoms with Crippen LogP contribution in [0.2, 0.25) is 0 Å². The molecule has 0 aromatic rings. The highest BCUT2D eigenvalue weighted by Gasteiger charge is 2.44. The monoisotopic (exact) mass is 218 g/mol. The lowest BCUT2D eigenvalue weighted by molar-refractivity contribution is -0.294. The molecular formula is C9H14O6. The van der Waals surface area contributed by atoms with Crippen LogP contribution in [0.25, 0.3) is 0 Å².